The van der Waals surface area contributed by atoms with Gasteiger partial charge in [0.2, 0.25) is 0 Å². The van der Waals surface area contributed by atoms with Gasteiger partial charge >= 0.3 is 0 Å². The van der Waals surface area contributed by atoms with Gasteiger partial charge in [0.15, 0.2) is 11.5 Å². The molecule has 4 aromatic heterocycles. The molecule has 25 heavy (non-hydrogen) atoms. The Morgan fingerprint density at radius 3 is 2.68 bits per heavy atom. The number of hydrogen-bond donors (Lipinski definition) is 1. The van der Waals surface area contributed by atoms with Crippen molar-refractivity contribution in [1.29, 1.82) is 0 Å². The second kappa shape index (κ2) is 5.97. The van der Waals surface area contributed by atoms with Crippen molar-refractivity contribution in [3.63, 3.8) is 0 Å². The average molecular weight is 334 g/mol. The quantitative estimate of drug-likeness (QED) is 0.615. The van der Waals surface area contributed by atoms with E-state index >= 15 is 0 Å². The first kappa shape index (κ1) is 15.3. The Balaban J connectivity index is 1.81. The summed E-state index contributed by atoms with van der Waals surface area (Å²) in [6.07, 6.45) is 7.10. The van der Waals surface area contributed by atoms with Crippen molar-refractivity contribution in [2.24, 2.45) is 7.05 Å². The van der Waals surface area contributed by atoms with Gasteiger partial charge in [-0.15, -0.1) is 0 Å². The molecule has 0 saturated carbocycles. The minimum absolute atomic E-state index is 0.616. The SMILES string of the molecule is Cc1cnc(CN(C)c2nc(-c3ccncc3)nc3c2cnn3C)[nH]1. The smallest absolute Gasteiger partial charge is 0.164 e. The number of hydrogen-bond acceptors (Lipinski definition) is 6. The molecular weight excluding hydrogens is 316 g/mol. The molecular formula is C17H18N8. The number of pyridine rings is 1. The number of nitrogens with zero attached hydrogens (tertiary/aromatic N) is 7. The van der Waals surface area contributed by atoms with Crippen LogP contribution in [0.25, 0.3) is 22.4 Å². The Morgan fingerprint density at radius 2 is 1.96 bits per heavy atom. The first-order valence-electron chi connectivity index (χ1n) is 7.93. The lowest BCUT2D eigenvalue weighted by Gasteiger charge is -2.18. The monoisotopic (exact) mass is 334 g/mol. The van der Waals surface area contributed by atoms with Gasteiger partial charge in [-0.2, -0.15) is 5.10 Å². The van der Waals surface area contributed by atoms with E-state index in [4.69, 9.17) is 4.98 Å². The summed E-state index contributed by atoms with van der Waals surface area (Å²) in [4.78, 5) is 23.2. The second-order valence-electron chi connectivity index (χ2n) is 5.98. The van der Waals surface area contributed by atoms with E-state index < -0.39 is 0 Å². The van der Waals surface area contributed by atoms with E-state index in [1.807, 2.05) is 39.3 Å². The van der Waals surface area contributed by atoms with Crippen LogP contribution < -0.4 is 4.90 Å². The maximum absolute atomic E-state index is 4.78. The molecule has 4 heterocycles. The molecule has 0 radical (unpaired) electrons. The normalized spacial score (nSPS) is 11.2. The molecule has 0 amide bonds. The average Bonchev–Trinajstić information content (AvgIpc) is 3.21. The molecule has 4 rings (SSSR count). The second-order valence-corrected chi connectivity index (χ2v) is 5.98. The van der Waals surface area contributed by atoms with Crippen molar-refractivity contribution in [2.45, 2.75) is 13.5 Å². The molecule has 126 valence electrons. The Hall–Kier alpha value is -3.29. The van der Waals surface area contributed by atoms with Gasteiger partial charge in [0.25, 0.3) is 0 Å². The fourth-order valence-corrected chi connectivity index (χ4v) is 2.78. The number of H-pyrrole nitrogens is 1. The van der Waals surface area contributed by atoms with Gasteiger partial charge in [-0.3, -0.25) is 9.67 Å². The third kappa shape index (κ3) is 2.82. The summed E-state index contributed by atoms with van der Waals surface area (Å²) < 4.78 is 1.76. The van der Waals surface area contributed by atoms with Crippen LogP contribution in [0.4, 0.5) is 5.82 Å². The van der Waals surface area contributed by atoms with Gasteiger partial charge in [-0.1, -0.05) is 0 Å². The lowest BCUT2D eigenvalue weighted by atomic mass is 10.2. The first-order chi connectivity index (χ1) is 12.1. The highest BCUT2D eigenvalue weighted by Gasteiger charge is 2.16. The zero-order valence-corrected chi connectivity index (χ0v) is 14.3. The molecule has 0 aromatic carbocycles. The summed E-state index contributed by atoms with van der Waals surface area (Å²) in [5, 5.41) is 5.24. The molecule has 0 fully saturated rings. The van der Waals surface area contributed by atoms with Crippen molar-refractivity contribution in [3.05, 3.63) is 48.4 Å². The van der Waals surface area contributed by atoms with Crippen molar-refractivity contribution in [1.82, 2.24) is 34.7 Å². The molecule has 0 aliphatic rings. The zero-order chi connectivity index (χ0) is 17.4. The number of aryl methyl sites for hydroxylation is 2. The third-order valence-electron chi connectivity index (χ3n) is 4.01. The van der Waals surface area contributed by atoms with Crippen molar-refractivity contribution in [3.8, 4) is 11.4 Å². The van der Waals surface area contributed by atoms with E-state index in [-0.39, 0.29) is 0 Å². The first-order valence-corrected chi connectivity index (χ1v) is 7.93. The molecule has 0 aliphatic carbocycles. The summed E-state index contributed by atoms with van der Waals surface area (Å²) in [5.41, 5.74) is 2.75. The van der Waals surface area contributed by atoms with E-state index in [9.17, 15) is 0 Å². The molecule has 0 aliphatic heterocycles. The number of fused-ring (bicyclic) bond motifs is 1. The fourth-order valence-electron chi connectivity index (χ4n) is 2.78. The van der Waals surface area contributed by atoms with E-state index in [0.29, 0.717) is 12.4 Å². The molecule has 0 atom stereocenters. The lowest BCUT2D eigenvalue weighted by molar-refractivity contribution is 0.785. The van der Waals surface area contributed by atoms with Crippen molar-refractivity contribution in [2.75, 3.05) is 11.9 Å². The van der Waals surface area contributed by atoms with Gasteiger partial charge in [-0.05, 0) is 19.1 Å². The number of rotatable bonds is 4. The van der Waals surface area contributed by atoms with Gasteiger partial charge in [0, 0.05) is 43.9 Å². The number of aromatic nitrogens is 7. The largest absolute Gasteiger partial charge is 0.351 e. The zero-order valence-electron chi connectivity index (χ0n) is 14.3. The molecule has 0 saturated heterocycles. The molecule has 0 bridgehead atoms. The number of anilines is 1. The highest BCUT2D eigenvalue weighted by molar-refractivity contribution is 5.88. The molecule has 8 nitrogen and oxygen atoms in total. The highest BCUT2D eigenvalue weighted by Crippen LogP contribution is 2.27. The third-order valence-corrected chi connectivity index (χ3v) is 4.01. The molecule has 8 heteroatoms. The maximum Gasteiger partial charge on any atom is 0.164 e. The van der Waals surface area contributed by atoms with Crippen LogP contribution in [0.2, 0.25) is 0 Å². The summed E-state index contributed by atoms with van der Waals surface area (Å²) in [6, 6.07) is 3.80. The van der Waals surface area contributed by atoms with Crippen LogP contribution >= 0.6 is 0 Å². The molecule has 4 aromatic rings. The standard InChI is InChI=1S/C17H18N8/c1-11-8-19-14(21-11)10-24(2)16-13-9-20-25(3)17(13)23-15(22-16)12-4-6-18-7-5-12/h4-9H,10H2,1-3H3,(H,19,21). The van der Waals surface area contributed by atoms with E-state index in [1.165, 1.54) is 0 Å². The van der Waals surface area contributed by atoms with Gasteiger partial charge < -0.3 is 9.88 Å². The van der Waals surface area contributed by atoms with E-state index in [0.717, 1.165) is 33.9 Å². The summed E-state index contributed by atoms with van der Waals surface area (Å²) in [5.74, 6) is 2.36. The Kier molecular flexibility index (Phi) is 3.64. The van der Waals surface area contributed by atoms with Crippen LogP contribution in [0, 0.1) is 6.92 Å². The number of nitrogens with one attached hydrogen (secondary N) is 1. The maximum atomic E-state index is 4.78. The van der Waals surface area contributed by atoms with E-state index in [2.05, 4.69) is 29.9 Å². The summed E-state index contributed by atoms with van der Waals surface area (Å²) in [6.45, 7) is 2.60. The highest BCUT2D eigenvalue weighted by atomic mass is 15.3. The predicted octanol–water partition coefficient (Wildman–Crippen LogP) is 2.09. The molecule has 0 unspecified atom stereocenters. The van der Waals surface area contributed by atoms with Gasteiger partial charge in [-0.25, -0.2) is 15.0 Å². The van der Waals surface area contributed by atoms with Crippen molar-refractivity contribution >= 4 is 16.9 Å². The van der Waals surface area contributed by atoms with Crippen LogP contribution in [-0.4, -0.2) is 41.7 Å². The summed E-state index contributed by atoms with van der Waals surface area (Å²) in [7, 11) is 3.87. The number of aromatic amines is 1. The predicted molar refractivity (Wildman–Crippen MR) is 95.0 cm³/mol. The lowest BCUT2D eigenvalue weighted by Crippen LogP contribution is -2.19. The molecule has 0 spiro atoms. The van der Waals surface area contributed by atoms with Crippen LogP contribution in [0.1, 0.15) is 11.5 Å². The van der Waals surface area contributed by atoms with Crippen LogP contribution in [0.3, 0.4) is 0 Å². The topological polar surface area (TPSA) is 88.4 Å². The minimum Gasteiger partial charge on any atom is -0.351 e. The Morgan fingerprint density at radius 1 is 1.16 bits per heavy atom. The Bertz CT molecular complexity index is 1020. The minimum atomic E-state index is 0.616. The van der Waals surface area contributed by atoms with Crippen LogP contribution in [-0.2, 0) is 13.6 Å². The van der Waals surface area contributed by atoms with Crippen LogP contribution in [0.15, 0.2) is 36.9 Å². The van der Waals surface area contributed by atoms with Crippen LogP contribution in [0.5, 0.6) is 0 Å². The fraction of sp³-hybridized carbons (Fsp3) is 0.235. The van der Waals surface area contributed by atoms with E-state index in [1.54, 1.807) is 23.3 Å². The molecule has 1 N–H and O–H groups in total. The van der Waals surface area contributed by atoms with Gasteiger partial charge in [0.05, 0.1) is 18.1 Å². The summed E-state index contributed by atoms with van der Waals surface area (Å²) >= 11 is 0. The van der Waals surface area contributed by atoms with Gasteiger partial charge in [0.1, 0.15) is 11.6 Å². The van der Waals surface area contributed by atoms with Crippen molar-refractivity contribution < 1.29 is 0 Å². The number of imidazole rings is 1. The Labute approximate surface area is 144 Å².